The van der Waals surface area contributed by atoms with Crippen molar-refractivity contribution in [1.82, 2.24) is 24.6 Å². The van der Waals surface area contributed by atoms with Crippen LogP contribution >= 0.6 is 11.3 Å². The van der Waals surface area contributed by atoms with Crippen LogP contribution < -0.4 is 5.73 Å². The molecule has 1 amide bonds. The molecule has 1 unspecified atom stereocenters. The van der Waals surface area contributed by atoms with Gasteiger partial charge in [0.1, 0.15) is 17.8 Å². The number of piperidine rings is 1. The fourth-order valence-electron chi connectivity index (χ4n) is 4.32. The number of aromatic nitrogens is 4. The lowest BCUT2D eigenvalue weighted by Crippen LogP contribution is -2.40. The third kappa shape index (κ3) is 3.56. The molecule has 4 heterocycles. The smallest absolute Gasteiger partial charge is 0.246 e. The lowest BCUT2D eigenvalue weighted by molar-refractivity contribution is -0.127. The second-order valence-electron chi connectivity index (χ2n) is 8.07. The quantitative estimate of drug-likeness (QED) is 0.469. The molecular weight excluding hydrogens is 420 g/mol. The highest BCUT2D eigenvalue weighted by Crippen LogP contribution is 2.39. The van der Waals surface area contributed by atoms with Gasteiger partial charge in [0, 0.05) is 18.0 Å². The zero-order valence-corrected chi connectivity index (χ0v) is 18.7. The molecule has 3 aromatic heterocycles. The largest absolute Gasteiger partial charge is 0.383 e. The van der Waals surface area contributed by atoms with Gasteiger partial charge in [-0.25, -0.2) is 14.6 Å². The lowest BCUT2D eigenvalue weighted by atomic mass is 10.1. The maximum Gasteiger partial charge on any atom is 0.246 e. The summed E-state index contributed by atoms with van der Waals surface area (Å²) in [5.41, 5.74) is 10.2. The summed E-state index contributed by atoms with van der Waals surface area (Å²) in [5.74, 6) is 0.359. The van der Waals surface area contributed by atoms with Crippen LogP contribution in [0.25, 0.3) is 32.0 Å². The van der Waals surface area contributed by atoms with Gasteiger partial charge in [-0.15, -0.1) is 11.3 Å². The number of amides is 1. The summed E-state index contributed by atoms with van der Waals surface area (Å²) in [7, 11) is 0. The number of aryl methyl sites for hydroxylation is 1. The molecule has 0 aliphatic carbocycles. The predicted molar refractivity (Wildman–Crippen MR) is 128 cm³/mol. The predicted octanol–water partition coefficient (Wildman–Crippen LogP) is 4.46. The number of carbonyl (C=O) groups is 1. The molecule has 0 spiro atoms. The molecule has 1 fully saturated rings. The Bertz CT molecular complexity index is 1320. The van der Waals surface area contributed by atoms with Crippen molar-refractivity contribution in [2.75, 3.05) is 18.8 Å². The van der Waals surface area contributed by atoms with Crippen LogP contribution in [0.2, 0.25) is 0 Å². The first-order chi connectivity index (χ1) is 15.5. The van der Waals surface area contributed by atoms with E-state index in [1.165, 1.54) is 28.4 Å². The minimum atomic E-state index is -0.0541. The molecule has 5 rings (SSSR count). The van der Waals surface area contributed by atoms with Crippen molar-refractivity contribution in [3.05, 3.63) is 60.9 Å². The van der Waals surface area contributed by atoms with Gasteiger partial charge >= 0.3 is 0 Å². The number of hydrogen-bond acceptors (Lipinski definition) is 6. The van der Waals surface area contributed by atoms with Crippen LogP contribution in [0.1, 0.15) is 24.4 Å². The molecular formula is C24H24N6OS. The average Bonchev–Trinajstić information content (AvgIpc) is 3.44. The number of carbonyl (C=O) groups excluding carboxylic acids is 1. The van der Waals surface area contributed by atoms with Crippen LogP contribution in [0.3, 0.4) is 0 Å². The van der Waals surface area contributed by atoms with Gasteiger partial charge in [-0.1, -0.05) is 36.4 Å². The number of fused-ring (bicyclic) bond motifs is 1. The zero-order valence-electron chi connectivity index (χ0n) is 17.9. The second kappa shape index (κ2) is 8.20. The number of nitrogens with zero attached hydrogens (tertiary/aromatic N) is 5. The van der Waals surface area contributed by atoms with E-state index in [9.17, 15) is 4.79 Å². The van der Waals surface area contributed by atoms with Crippen molar-refractivity contribution >= 4 is 34.1 Å². The molecule has 4 aromatic rings. The number of benzene rings is 1. The van der Waals surface area contributed by atoms with Crippen molar-refractivity contribution in [3.8, 4) is 21.0 Å². The van der Waals surface area contributed by atoms with Gasteiger partial charge in [0.2, 0.25) is 5.91 Å². The minimum absolute atomic E-state index is 0.0226. The topological polar surface area (TPSA) is 89.9 Å². The molecule has 162 valence electrons. The first kappa shape index (κ1) is 20.4. The van der Waals surface area contributed by atoms with E-state index < -0.39 is 0 Å². The van der Waals surface area contributed by atoms with E-state index in [1.807, 2.05) is 9.58 Å². The maximum absolute atomic E-state index is 12.2. The molecule has 1 saturated heterocycles. The normalized spacial score (nSPS) is 16.4. The Morgan fingerprint density at radius 1 is 1.25 bits per heavy atom. The molecule has 8 heteroatoms. The standard InChI is InChI=1S/C24H24N6OS/c1-3-20(31)29-11-5-8-17(13-29)30-24-21(23(25)26-14-27-24)22(28-30)19-10-9-18(32-19)16-7-4-6-15(2)12-16/h3-4,6-7,9-10,12,14,17H,1,5,8,11,13H2,2H3,(H2,25,26,27). The van der Waals surface area contributed by atoms with Crippen LogP contribution in [0.15, 0.2) is 55.4 Å². The molecule has 0 radical (unpaired) electrons. The molecule has 1 aliphatic heterocycles. The Balaban J connectivity index is 1.58. The van der Waals surface area contributed by atoms with Crippen molar-refractivity contribution in [3.63, 3.8) is 0 Å². The Hall–Kier alpha value is -3.52. The summed E-state index contributed by atoms with van der Waals surface area (Å²) in [5, 5.41) is 5.73. The van der Waals surface area contributed by atoms with Crippen LogP contribution in [0, 0.1) is 6.92 Å². The Morgan fingerprint density at radius 2 is 2.09 bits per heavy atom. The first-order valence-corrected chi connectivity index (χ1v) is 11.4. The maximum atomic E-state index is 12.2. The van der Waals surface area contributed by atoms with E-state index in [0.717, 1.165) is 35.3 Å². The second-order valence-corrected chi connectivity index (χ2v) is 9.15. The highest BCUT2D eigenvalue weighted by Gasteiger charge is 2.28. The zero-order chi connectivity index (χ0) is 22.2. The van der Waals surface area contributed by atoms with Crippen LogP contribution in [-0.2, 0) is 4.79 Å². The van der Waals surface area contributed by atoms with Gasteiger partial charge in [-0.05, 0) is 43.5 Å². The van der Waals surface area contributed by atoms with Gasteiger partial charge in [-0.2, -0.15) is 5.10 Å². The molecule has 1 atom stereocenters. The summed E-state index contributed by atoms with van der Waals surface area (Å²) >= 11 is 1.68. The van der Waals surface area contributed by atoms with E-state index in [0.29, 0.717) is 18.0 Å². The van der Waals surface area contributed by atoms with Crippen LogP contribution in [0.5, 0.6) is 0 Å². The number of rotatable bonds is 4. The third-order valence-corrected chi connectivity index (χ3v) is 7.03. The Labute approximate surface area is 190 Å². The summed E-state index contributed by atoms with van der Waals surface area (Å²) in [6, 6.07) is 12.7. The molecule has 2 N–H and O–H groups in total. The van der Waals surface area contributed by atoms with Crippen LogP contribution in [-0.4, -0.2) is 43.6 Å². The van der Waals surface area contributed by atoms with Crippen molar-refractivity contribution in [2.45, 2.75) is 25.8 Å². The fraction of sp³-hybridized carbons (Fsp3) is 0.250. The highest BCUT2D eigenvalue weighted by atomic mass is 32.1. The van der Waals surface area contributed by atoms with Gasteiger partial charge in [0.25, 0.3) is 0 Å². The van der Waals surface area contributed by atoms with Gasteiger partial charge in [-0.3, -0.25) is 4.79 Å². The van der Waals surface area contributed by atoms with Gasteiger partial charge in [0.15, 0.2) is 5.65 Å². The summed E-state index contributed by atoms with van der Waals surface area (Å²) in [4.78, 5) is 24.9. The highest BCUT2D eigenvalue weighted by molar-refractivity contribution is 7.18. The fourth-order valence-corrected chi connectivity index (χ4v) is 5.32. The minimum Gasteiger partial charge on any atom is -0.383 e. The van der Waals surface area contributed by atoms with E-state index >= 15 is 0 Å². The van der Waals surface area contributed by atoms with Crippen molar-refractivity contribution in [2.24, 2.45) is 0 Å². The number of nitrogens with two attached hydrogens (primary N) is 1. The first-order valence-electron chi connectivity index (χ1n) is 10.6. The summed E-state index contributed by atoms with van der Waals surface area (Å²) < 4.78 is 1.93. The summed E-state index contributed by atoms with van der Waals surface area (Å²) in [6.07, 6.45) is 4.66. The lowest BCUT2D eigenvalue weighted by Gasteiger charge is -2.32. The van der Waals surface area contributed by atoms with Crippen LogP contribution in [0.4, 0.5) is 5.82 Å². The third-order valence-electron chi connectivity index (χ3n) is 5.89. The number of hydrogen-bond donors (Lipinski definition) is 1. The Kier molecular flexibility index (Phi) is 5.22. The van der Waals surface area contributed by atoms with E-state index in [4.69, 9.17) is 10.8 Å². The van der Waals surface area contributed by atoms with Crippen molar-refractivity contribution in [1.29, 1.82) is 0 Å². The molecule has 1 aliphatic rings. The van der Waals surface area contributed by atoms with Gasteiger partial charge < -0.3 is 10.6 Å². The molecule has 0 bridgehead atoms. The van der Waals surface area contributed by atoms with E-state index in [-0.39, 0.29) is 11.9 Å². The van der Waals surface area contributed by atoms with E-state index in [2.05, 4.69) is 59.9 Å². The number of thiophene rings is 1. The monoisotopic (exact) mass is 444 g/mol. The molecule has 7 nitrogen and oxygen atoms in total. The summed E-state index contributed by atoms with van der Waals surface area (Å²) in [6.45, 7) is 7.02. The van der Waals surface area contributed by atoms with E-state index in [1.54, 1.807) is 11.3 Å². The molecule has 0 saturated carbocycles. The SMILES string of the molecule is C=CC(=O)N1CCCC(n2nc(-c3ccc(-c4cccc(C)c4)s3)c3c(N)ncnc32)C1. The Morgan fingerprint density at radius 3 is 2.91 bits per heavy atom. The molecule has 32 heavy (non-hydrogen) atoms. The molecule has 1 aromatic carbocycles. The number of anilines is 1. The van der Waals surface area contributed by atoms with Gasteiger partial charge in [0.05, 0.1) is 16.3 Å². The number of nitrogen functional groups attached to an aromatic ring is 1. The van der Waals surface area contributed by atoms with Crippen molar-refractivity contribution < 1.29 is 4.79 Å². The average molecular weight is 445 g/mol. The number of likely N-dealkylation sites (tertiary alicyclic amines) is 1.